The second kappa shape index (κ2) is 7.13. The van der Waals surface area contributed by atoms with Crippen LogP contribution in [0.4, 0.5) is 0 Å². The molecular weight excluding hydrogens is 338 g/mol. The molecular formula is C15H20BrNO4. The highest BCUT2D eigenvalue weighted by Gasteiger charge is 2.31. The zero-order valence-electron chi connectivity index (χ0n) is 12.3. The molecule has 2 rings (SSSR count). The Morgan fingerprint density at radius 1 is 1.48 bits per heavy atom. The van der Waals surface area contributed by atoms with E-state index in [1.807, 2.05) is 11.8 Å². The molecule has 0 unspecified atom stereocenters. The number of halogens is 1. The number of nitrogens with zero attached hydrogens (tertiary/aromatic N) is 1. The number of amides is 1. The summed E-state index contributed by atoms with van der Waals surface area (Å²) >= 11 is 3.38. The maximum Gasteiger partial charge on any atom is 0.260 e. The molecule has 6 heteroatoms. The highest BCUT2D eigenvalue weighted by molar-refractivity contribution is 9.10. The lowest BCUT2D eigenvalue weighted by atomic mass is 10.2. The van der Waals surface area contributed by atoms with Gasteiger partial charge in [0.2, 0.25) is 0 Å². The number of methoxy groups -OCH3 is 1. The van der Waals surface area contributed by atoms with Gasteiger partial charge in [0.15, 0.2) is 18.1 Å². The highest BCUT2D eigenvalue weighted by Crippen LogP contribution is 2.37. The van der Waals surface area contributed by atoms with Gasteiger partial charge in [-0.1, -0.05) is 0 Å². The Morgan fingerprint density at radius 2 is 2.19 bits per heavy atom. The van der Waals surface area contributed by atoms with E-state index < -0.39 is 0 Å². The van der Waals surface area contributed by atoms with Crippen LogP contribution in [-0.2, 0) is 11.4 Å². The van der Waals surface area contributed by atoms with Crippen molar-refractivity contribution in [3.05, 3.63) is 22.2 Å². The molecule has 5 nitrogen and oxygen atoms in total. The second-order valence-corrected chi connectivity index (χ2v) is 5.82. The maximum atomic E-state index is 12.2. The van der Waals surface area contributed by atoms with Gasteiger partial charge in [-0.25, -0.2) is 0 Å². The van der Waals surface area contributed by atoms with Crippen LogP contribution >= 0.6 is 15.9 Å². The van der Waals surface area contributed by atoms with Crippen molar-refractivity contribution in [2.75, 3.05) is 20.3 Å². The van der Waals surface area contributed by atoms with E-state index in [1.54, 1.807) is 12.1 Å². The number of ether oxygens (including phenoxy) is 2. The van der Waals surface area contributed by atoms with E-state index in [-0.39, 0.29) is 19.1 Å². The van der Waals surface area contributed by atoms with Crippen LogP contribution in [0, 0.1) is 0 Å². The monoisotopic (exact) mass is 357 g/mol. The SMILES string of the molecule is CCN(C(=O)COc1c(Br)cc(CO)cc1OC)C1CC1. The fraction of sp³-hybridized carbons (Fsp3) is 0.533. The summed E-state index contributed by atoms with van der Waals surface area (Å²) in [4.78, 5) is 14.0. The molecule has 0 bridgehead atoms. The van der Waals surface area contributed by atoms with Gasteiger partial charge in [-0.2, -0.15) is 0 Å². The number of hydrogen-bond donors (Lipinski definition) is 1. The van der Waals surface area contributed by atoms with Crippen molar-refractivity contribution in [1.29, 1.82) is 0 Å². The standard InChI is InChI=1S/C15H20BrNO4/c1-3-17(11-4-5-11)14(19)9-21-15-12(16)6-10(8-18)7-13(15)20-2/h6-7,11,18H,3-5,8-9H2,1-2H3. The summed E-state index contributed by atoms with van der Waals surface area (Å²) in [5, 5.41) is 9.19. The first kappa shape index (κ1) is 16.1. The van der Waals surface area contributed by atoms with E-state index >= 15 is 0 Å². The van der Waals surface area contributed by atoms with Gasteiger partial charge >= 0.3 is 0 Å². The lowest BCUT2D eigenvalue weighted by Gasteiger charge is -2.21. The summed E-state index contributed by atoms with van der Waals surface area (Å²) in [7, 11) is 1.53. The molecule has 116 valence electrons. The molecule has 1 saturated carbocycles. The van der Waals surface area contributed by atoms with Crippen LogP contribution in [0.25, 0.3) is 0 Å². The molecule has 1 fully saturated rings. The van der Waals surface area contributed by atoms with Crippen LogP contribution in [0.2, 0.25) is 0 Å². The Balaban J connectivity index is 2.06. The predicted octanol–water partition coefficient (Wildman–Crippen LogP) is 2.34. The van der Waals surface area contributed by atoms with Crippen LogP contribution in [0.15, 0.2) is 16.6 Å². The molecule has 0 heterocycles. The van der Waals surface area contributed by atoms with Gasteiger partial charge in [-0.3, -0.25) is 4.79 Å². The Kier molecular flexibility index (Phi) is 5.47. The minimum Gasteiger partial charge on any atom is -0.493 e. The molecule has 0 spiro atoms. The Hall–Kier alpha value is -1.27. The summed E-state index contributed by atoms with van der Waals surface area (Å²) in [5.74, 6) is 0.964. The lowest BCUT2D eigenvalue weighted by molar-refractivity contribution is -0.133. The van der Waals surface area contributed by atoms with E-state index in [1.165, 1.54) is 7.11 Å². The third kappa shape index (κ3) is 3.89. The Bertz CT molecular complexity index is 517. The van der Waals surface area contributed by atoms with Crippen molar-refractivity contribution in [2.24, 2.45) is 0 Å². The topological polar surface area (TPSA) is 59.0 Å². The maximum absolute atomic E-state index is 12.2. The minimum absolute atomic E-state index is 0.0137. The van der Waals surface area contributed by atoms with Crippen LogP contribution in [0.3, 0.4) is 0 Å². The molecule has 0 saturated heterocycles. The number of benzene rings is 1. The van der Waals surface area contributed by atoms with Gasteiger partial charge in [0, 0.05) is 12.6 Å². The van der Waals surface area contributed by atoms with E-state index in [4.69, 9.17) is 9.47 Å². The van der Waals surface area contributed by atoms with Crippen molar-refractivity contribution < 1.29 is 19.4 Å². The summed E-state index contributed by atoms with van der Waals surface area (Å²) in [6, 6.07) is 3.83. The summed E-state index contributed by atoms with van der Waals surface area (Å²) < 4.78 is 11.6. The van der Waals surface area contributed by atoms with Gasteiger partial charge < -0.3 is 19.5 Å². The van der Waals surface area contributed by atoms with Crippen LogP contribution in [-0.4, -0.2) is 42.2 Å². The molecule has 21 heavy (non-hydrogen) atoms. The molecule has 0 aliphatic heterocycles. The number of aliphatic hydroxyl groups excluding tert-OH is 1. The Morgan fingerprint density at radius 3 is 2.71 bits per heavy atom. The predicted molar refractivity (Wildman–Crippen MR) is 82.5 cm³/mol. The first-order valence-corrected chi connectivity index (χ1v) is 7.79. The third-order valence-corrected chi connectivity index (χ3v) is 4.05. The van der Waals surface area contributed by atoms with Crippen LogP contribution < -0.4 is 9.47 Å². The van der Waals surface area contributed by atoms with Gasteiger partial charge in [-0.15, -0.1) is 0 Å². The first-order chi connectivity index (χ1) is 10.1. The fourth-order valence-corrected chi connectivity index (χ4v) is 2.85. The van der Waals surface area contributed by atoms with Crippen molar-refractivity contribution in [2.45, 2.75) is 32.4 Å². The number of carbonyl (C=O) groups is 1. The van der Waals surface area contributed by atoms with Gasteiger partial charge in [0.05, 0.1) is 18.2 Å². The lowest BCUT2D eigenvalue weighted by Crippen LogP contribution is -2.36. The number of hydrogen-bond acceptors (Lipinski definition) is 4. The Labute approximate surface area is 133 Å². The molecule has 1 amide bonds. The summed E-state index contributed by atoms with van der Waals surface area (Å²) in [6.07, 6.45) is 2.16. The van der Waals surface area contributed by atoms with Crippen LogP contribution in [0.5, 0.6) is 11.5 Å². The smallest absolute Gasteiger partial charge is 0.260 e. The van der Waals surface area contributed by atoms with Gasteiger partial charge in [0.25, 0.3) is 5.91 Å². The number of aliphatic hydroxyl groups is 1. The second-order valence-electron chi connectivity index (χ2n) is 4.97. The zero-order valence-corrected chi connectivity index (χ0v) is 13.9. The molecule has 0 radical (unpaired) electrons. The van der Waals surface area contributed by atoms with E-state index in [0.29, 0.717) is 34.1 Å². The average Bonchev–Trinajstić information content (AvgIpc) is 3.30. The number of rotatable bonds is 7. The third-order valence-electron chi connectivity index (χ3n) is 3.46. The molecule has 1 aliphatic carbocycles. The molecule has 1 aromatic rings. The minimum atomic E-state index is -0.0839. The van der Waals surface area contributed by atoms with E-state index in [2.05, 4.69) is 15.9 Å². The number of likely N-dealkylation sites (N-methyl/N-ethyl adjacent to an activating group) is 1. The summed E-state index contributed by atoms with van der Waals surface area (Å²) in [5.41, 5.74) is 0.713. The number of carbonyl (C=O) groups excluding carboxylic acids is 1. The summed E-state index contributed by atoms with van der Waals surface area (Å²) in [6.45, 7) is 2.58. The van der Waals surface area contributed by atoms with Crippen LogP contribution in [0.1, 0.15) is 25.3 Å². The van der Waals surface area contributed by atoms with Crippen molar-refractivity contribution >= 4 is 21.8 Å². The van der Waals surface area contributed by atoms with E-state index in [9.17, 15) is 9.90 Å². The van der Waals surface area contributed by atoms with Gasteiger partial charge in [0.1, 0.15) is 0 Å². The normalized spacial score (nSPS) is 13.9. The van der Waals surface area contributed by atoms with Crippen molar-refractivity contribution in [1.82, 2.24) is 4.90 Å². The molecule has 1 N–H and O–H groups in total. The fourth-order valence-electron chi connectivity index (χ4n) is 2.25. The van der Waals surface area contributed by atoms with E-state index in [0.717, 1.165) is 12.8 Å². The molecule has 1 aliphatic rings. The molecule has 1 aromatic carbocycles. The highest BCUT2D eigenvalue weighted by atomic mass is 79.9. The first-order valence-electron chi connectivity index (χ1n) is 7.00. The molecule has 0 aromatic heterocycles. The quantitative estimate of drug-likeness (QED) is 0.813. The molecule has 0 atom stereocenters. The van der Waals surface area contributed by atoms with Gasteiger partial charge in [-0.05, 0) is 53.4 Å². The average molecular weight is 358 g/mol. The zero-order chi connectivity index (χ0) is 15.4. The van der Waals surface area contributed by atoms with Crippen molar-refractivity contribution in [3.8, 4) is 11.5 Å². The largest absolute Gasteiger partial charge is 0.493 e. The van der Waals surface area contributed by atoms with Crippen molar-refractivity contribution in [3.63, 3.8) is 0 Å².